The number of phosphoric ester groups is 1. The second-order valence-electron chi connectivity index (χ2n) is 19.6. The van der Waals surface area contributed by atoms with Gasteiger partial charge in [-0.1, -0.05) is 225 Å². The summed E-state index contributed by atoms with van der Waals surface area (Å²) in [6.07, 6.45) is 78.6. The van der Waals surface area contributed by atoms with Crippen LogP contribution in [-0.4, -0.2) is 73.4 Å². The van der Waals surface area contributed by atoms with E-state index in [9.17, 15) is 19.4 Å². The van der Waals surface area contributed by atoms with Gasteiger partial charge in [-0.15, -0.1) is 0 Å². The highest BCUT2D eigenvalue weighted by atomic mass is 31.2. The number of quaternary nitrogens is 1. The van der Waals surface area contributed by atoms with Gasteiger partial charge in [0.25, 0.3) is 0 Å². The third-order valence-electron chi connectivity index (χ3n) is 11.6. The van der Waals surface area contributed by atoms with Crippen LogP contribution >= 0.6 is 7.82 Å². The van der Waals surface area contributed by atoms with Crippen molar-refractivity contribution in [1.82, 2.24) is 5.32 Å². The van der Waals surface area contributed by atoms with E-state index in [0.717, 1.165) is 103 Å². The third-order valence-corrected chi connectivity index (χ3v) is 12.6. The molecule has 0 aliphatic heterocycles. The van der Waals surface area contributed by atoms with Gasteiger partial charge in [-0.2, -0.15) is 0 Å². The number of hydrogen-bond donors (Lipinski definition) is 3. The Kier molecular flexibility index (Phi) is 49.1. The molecule has 0 radical (unpaired) electrons. The topological polar surface area (TPSA) is 105 Å². The molecule has 0 saturated heterocycles. The molecule has 0 saturated carbocycles. The molecule has 8 nitrogen and oxygen atoms in total. The van der Waals surface area contributed by atoms with E-state index < -0.39 is 20.0 Å². The van der Waals surface area contributed by atoms with Crippen LogP contribution in [0.25, 0.3) is 0 Å². The zero-order chi connectivity index (χ0) is 52.0. The monoisotopic (exact) mass is 1010 g/mol. The first kappa shape index (κ1) is 67.6. The summed E-state index contributed by atoms with van der Waals surface area (Å²) in [7, 11) is 1.53. The summed E-state index contributed by atoms with van der Waals surface area (Å²) in [6.45, 7) is 4.61. The predicted octanol–water partition coefficient (Wildman–Crippen LogP) is 17.1. The molecule has 1 amide bonds. The van der Waals surface area contributed by atoms with E-state index in [1.54, 1.807) is 6.08 Å². The normalized spacial score (nSPS) is 15.0. The number of carbonyl (C=O) groups excluding carboxylic acids is 1. The lowest BCUT2D eigenvalue weighted by molar-refractivity contribution is -0.870. The summed E-state index contributed by atoms with van der Waals surface area (Å²) in [6, 6.07) is -0.871. The molecule has 3 N–H and O–H groups in total. The molecule has 0 aromatic rings. The summed E-state index contributed by atoms with van der Waals surface area (Å²) in [5.74, 6) is -0.199. The quantitative estimate of drug-likeness (QED) is 0.0243. The average molecular weight is 1010 g/mol. The zero-order valence-corrected chi connectivity index (χ0v) is 46.8. The fraction of sp³-hybridized carbons (Fsp3) is 0.629. The van der Waals surface area contributed by atoms with Gasteiger partial charge in [0.05, 0.1) is 39.9 Å². The van der Waals surface area contributed by atoms with Crippen LogP contribution in [0.3, 0.4) is 0 Å². The number of amides is 1. The first-order valence-electron chi connectivity index (χ1n) is 28.1. The Morgan fingerprint density at radius 3 is 1.30 bits per heavy atom. The number of nitrogens with zero attached hydrogens (tertiary/aromatic N) is 1. The van der Waals surface area contributed by atoms with Crippen LogP contribution in [0.1, 0.15) is 200 Å². The standard InChI is InChI=1S/C62H105N2O6P/c1-6-8-10-12-14-16-18-19-20-21-22-23-24-25-26-27-28-29-30-31-32-33-34-35-36-37-38-39-40-41-42-43-44-45-46-48-50-52-54-56-62(66)63-60(59-70-71(67,68)69-58-57-64(3,4)5)61(65)55-53-51-49-47-17-15-13-11-9-7-2/h8,10,14,16-17,19-20,22-23,25-26,28-29,31-32,34-35,37-38,47,53,55,60-61,65H,6-7,9,11-13,15,18,21,24,27,30,33,36,39-46,48-52,54,56-59H2,1-5H3,(H-,63,66,67,68)/p+1/b10-8-,16-14-,20-19-,23-22-,26-25-,29-28-,32-31-,35-34-,38-37-,47-17+,55-53+. The largest absolute Gasteiger partial charge is 0.472 e. The minimum absolute atomic E-state index is 0.0493. The molecule has 9 heteroatoms. The van der Waals surface area contributed by atoms with Gasteiger partial charge >= 0.3 is 7.82 Å². The number of allylic oxidation sites excluding steroid dienone is 21. The minimum Gasteiger partial charge on any atom is -0.387 e. The Bertz CT molecular complexity index is 1610. The maximum atomic E-state index is 12.9. The van der Waals surface area contributed by atoms with Gasteiger partial charge in [-0.25, -0.2) is 4.57 Å². The Morgan fingerprint density at radius 2 is 0.859 bits per heavy atom. The third kappa shape index (κ3) is 54.3. The van der Waals surface area contributed by atoms with Crippen LogP contribution in [0.4, 0.5) is 0 Å². The van der Waals surface area contributed by atoms with Gasteiger partial charge < -0.3 is 19.8 Å². The second kappa shape index (κ2) is 51.5. The van der Waals surface area contributed by atoms with Gasteiger partial charge in [-0.05, 0) is 103 Å². The second-order valence-corrected chi connectivity index (χ2v) is 21.0. The zero-order valence-electron chi connectivity index (χ0n) is 45.9. The fourth-order valence-electron chi connectivity index (χ4n) is 7.22. The number of aliphatic hydroxyl groups excluding tert-OH is 1. The summed E-state index contributed by atoms with van der Waals surface area (Å²) >= 11 is 0. The highest BCUT2D eigenvalue weighted by Crippen LogP contribution is 2.43. The molecule has 404 valence electrons. The number of hydrogen-bond acceptors (Lipinski definition) is 5. The van der Waals surface area contributed by atoms with Gasteiger partial charge in [0.2, 0.25) is 5.91 Å². The molecule has 0 aliphatic carbocycles. The molecule has 0 aliphatic rings. The van der Waals surface area contributed by atoms with E-state index >= 15 is 0 Å². The number of aliphatic hydroxyl groups is 1. The Balaban J connectivity index is 4.05. The van der Waals surface area contributed by atoms with E-state index in [1.165, 1.54) is 77.0 Å². The highest BCUT2D eigenvalue weighted by Gasteiger charge is 2.27. The van der Waals surface area contributed by atoms with Crippen LogP contribution in [-0.2, 0) is 18.4 Å². The minimum atomic E-state index is -4.35. The van der Waals surface area contributed by atoms with E-state index in [1.807, 2.05) is 27.2 Å². The van der Waals surface area contributed by atoms with Crippen molar-refractivity contribution in [3.8, 4) is 0 Å². The van der Waals surface area contributed by atoms with E-state index in [-0.39, 0.29) is 19.1 Å². The van der Waals surface area contributed by atoms with Crippen LogP contribution < -0.4 is 5.32 Å². The van der Waals surface area contributed by atoms with Crippen molar-refractivity contribution < 1.29 is 32.9 Å². The molecule has 0 aromatic carbocycles. The maximum absolute atomic E-state index is 12.9. The number of likely N-dealkylation sites (N-methyl/N-ethyl adjacent to an activating group) is 1. The van der Waals surface area contributed by atoms with E-state index in [4.69, 9.17) is 9.05 Å². The summed E-state index contributed by atoms with van der Waals surface area (Å²) < 4.78 is 23.6. The summed E-state index contributed by atoms with van der Waals surface area (Å²) in [4.78, 5) is 23.2. The van der Waals surface area contributed by atoms with Crippen molar-refractivity contribution in [1.29, 1.82) is 0 Å². The number of carbonyl (C=O) groups is 1. The van der Waals surface area contributed by atoms with Crippen molar-refractivity contribution in [3.05, 3.63) is 134 Å². The SMILES string of the molecule is CC/C=C\C/C=C\C/C=C\C/C=C\C/C=C\C/C=C\C/C=C\C/C=C\C/C=C\CCCCCCCCCCCCCC(=O)NC(COP(=O)(O)OCC[N+](C)(C)C)C(O)/C=C/CC/C=C/CCCCCC. The molecule has 71 heavy (non-hydrogen) atoms. The Labute approximate surface area is 436 Å². The number of unbranched alkanes of at least 4 members (excludes halogenated alkanes) is 16. The molecular weight excluding hydrogens is 900 g/mol. The smallest absolute Gasteiger partial charge is 0.387 e. The molecule has 3 atom stereocenters. The van der Waals surface area contributed by atoms with Gasteiger partial charge in [-0.3, -0.25) is 13.8 Å². The maximum Gasteiger partial charge on any atom is 0.472 e. The Hall–Kier alpha value is -3.36. The van der Waals surface area contributed by atoms with Crippen LogP contribution in [0.5, 0.6) is 0 Å². The van der Waals surface area contributed by atoms with Crippen molar-refractivity contribution in [2.75, 3.05) is 40.9 Å². The van der Waals surface area contributed by atoms with Crippen molar-refractivity contribution in [2.24, 2.45) is 0 Å². The first-order valence-corrected chi connectivity index (χ1v) is 29.6. The molecular formula is C62H106N2O6P+. The Morgan fingerprint density at radius 1 is 0.493 bits per heavy atom. The van der Waals surface area contributed by atoms with Crippen molar-refractivity contribution >= 4 is 13.7 Å². The van der Waals surface area contributed by atoms with Crippen LogP contribution in [0, 0.1) is 0 Å². The summed E-state index contributed by atoms with van der Waals surface area (Å²) in [5.41, 5.74) is 0. The lowest BCUT2D eigenvalue weighted by Gasteiger charge is -2.25. The van der Waals surface area contributed by atoms with Crippen LogP contribution in [0.15, 0.2) is 134 Å². The molecule has 3 unspecified atom stereocenters. The molecule has 0 heterocycles. The van der Waals surface area contributed by atoms with Gasteiger partial charge in [0, 0.05) is 6.42 Å². The molecule has 0 spiro atoms. The van der Waals surface area contributed by atoms with E-state index in [2.05, 4.69) is 141 Å². The average Bonchev–Trinajstić information content (AvgIpc) is 3.33. The van der Waals surface area contributed by atoms with Crippen molar-refractivity contribution in [2.45, 2.75) is 212 Å². The van der Waals surface area contributed by atoms with Gasteiger partial charge in [0.1, 0.15) is 13.2 Å². The molecule has 0 aromatic heterocycles. The van der Waals surface area contributed by atoms with Crippen molar-refractivity contribution in [3.63, 3.8) is 0 Å². The lowest BCUT2D eigenvalue weighted by Crippen LogP contribution is -2.45. The fourth-order valence-corrected chi connectivity index (χ4v) is 7.96. The molecule has 0 fully saturated rings. The lowest BCUT2D eigenvalue weighted by atomic mass is 10.0. The number of rotatable bonds is 49. The predicted molar refractivity (Wildman–Crippen MR) is 308 cm³/mol. The first-order chi connectivity index (χ1) is 34.5. The molecule has 0 bridgehead atoms. The number of phosphoric acid groups is 1. The van der Waals surface area contributed by atoms with Gasteiger partial charge in [0.15, 0.2) is 0 Å². The van der Waals surface area contributed by atoms with Crippen LogP contribution in [0.2, 0.25) is 0 Å². The number of nitrogens with one attached hydrogen (secondary N) is 1. The van der Waals surface area contributed by atoms with E-state index in [0.29, 0.717) is 17.4 Å². The highest BCUT2D eigenvalue weighted by molar-refractivity contribution is 7.47. The molecule has 0 rings (SSSR count). The summed E-state index contributed by atoms with van der Waals surface area (Å²) in [5, 5.41) is 13.8.